The lowest BCUT2D eigenvalue weighted by atomic mass is 9.67. The number of anilines is 1. The van der Waals surface area contributed by atoms with Gasteiger partial charge in [-0.1, -0.05) is 0 Å². The summed E-state index contributed by atoms with van der Waals surface area (Å²) in [5, 5.41) is 3.17. The number of carbonyl (C=O) groups is 2. The molecule has 2 amide bonds. The maximum atomic E-state index is 13.0. The molecule has 5 rings (SSSR count). The van der Waals surface area contributed by atoms with Crippen molar-refractivity contribution in [2.75, 3.05) is 32.1 Å². The molecule has 210 valence electrons. The van der Waals surface area contributed by atoms with Gasteiger partial charge >= 0.3 is 6.18 Å². The molecule has 0 unspecified atom stereocenters. The molecule has 6 nitrogen and oxygen atoms in total. The second kappa shape index (κ2) is 10.9. The summed E-state index contributed by atoms with van der Waals surface area (Å²) in [4.78, 5) is 29.5. The van der Waals surface area contributed by atoms with Crippen LogP contribution in [-0.2, 0) is 6.18 Å². The van der Waals surface area contributed by atoms with E-state index < -0.39 is 11.7 Å². The summed E-state index contributed by atoms with van der Waals surface area (Å²) < 4.78 is 43.8. The van der Waals surface area contributed by atoms with Crippen molar-refractivity contribution in [1.29, 1.82) is 0 Å². The second-order valence-electron chi connectivity index (χ2n) is 11.0. The van der Waals surface area contributed by atoms with Gasteiger partial charge in [0.1, 0.15) is 11.5 Å². The zero-order valence-electron chi connectivity index (χ0n) is 22.5. The van der Waals surface area contributed by atoms with Crippen LogP contribution in [0.15, 0.2) is 72.8 Å². The number of carbonyl (C=O) groups excluding carboxylic acids is 2. The molecular formula is C31H32F3N3O3. The third-order valence-corrected chi connectivity index (χ3v) is 7.89. The van der Waals surface area contributed by atoms with E-state index in [1.54, 1.807) is 24.3 Å². The number of rotatable bonds is 6. The molecule has 1 saturated carbocycles. The largest absolute Gasteiger partial charge is 0.457 e. The van der Waals surface area contributed by atoms with Gasteiger partial charge in [-0.05, 0) is 98.5 Å². The van der Waals surface area contributed by atoms with Gasteiger partial charge in [-0.3, -0.25) is 9.59 Å². The Morgan fingerprint density at radius 1 is 0.850 bits per heavy atom. The number of hydrogen-bond donors (Lipinski definition) is 1. The van der Waals surface area contributed by atoms with Gasteiger partial charge in [0.05, 0.1) is 5.56 Å². The number of alkyl halides is 3. The molecule has 1 heterocycles. The van der Waals surface area contributed by atoms with E-state index in [2.05, 4.69) is 5.32 Å². The highest BCUT2D eigenvalue weighted by Crippen LogP contribution is 2.44. The molecular weight excluding hydrogens is 519 g/mol. The number of benzene rings is 3. The van der Waals surface area contributed by atoms with E-state index in [1.165, 1.54) is 12.1 Å². The van der Waals surface area contributed by atoms with Gasteiger partial charge in [-0.25, -0.2) is 0 Å². The minimum absolute atomic E-state index is 0.0525. The SMILES string of the molecule is CN(C)c1ccc(C(=O)NC2CCC3(CC2)CN(C(=O)c2ccc(Oc4ccc(C(F)(F)F)cc4)cc2)C3)cc1. The third-order valence-electron chi connectivity index (χ3n) is 7.89. The van der Waals surface area contributed by atoms with Crippen LogP contribution in [-0.4, -0.2) is 49.9 Å². The van der Waals surface area contributed by atoms with Crippen molar-refractivity contribution < 1.29 is 27.5 Å². The predicted octanol–water partition coefficient (Wildman–Crippen LogP) is 6.38. The van der Waals surface area contributed by atoms with Crippen LogP contribution in [0.3, 0.4) is 0 Å². The van der Waals surface area contributed by atoms with Crippen LogP contribution in [0.5, 0.6) is 11.5 Å². The Bertz CT molecular complexity index is 1340. The van der Waals surface area contributed by atoms with E-state index in [9.17, 15) is 22.8 Å². The van der Waals surface area contributed by atoms with Crippen LogP contribution in [0.25, 0.3) is 0 Å². The highest BCUT2D eigenvalue weighted by Gasteiger charge is 2.47. The molecule has 0 atom stereocenters. The van der Waals surface area contributed by atoms with E-state index in [0.29, 0.717) is 30.0 Å². The molecule has 3 aromatic carbocycles. The van der Waals surface area contributed by atoms with Gasteiger partial charge < -0.3 is 19.9 Å². The fourth-order valence-corrected chi connectivity index (χ4v) is 5.47. The van der Waals surface area contributed by atoms with Crippen LogP contribution in [0.2, 0.25) is 0 Å². The monoisotopic (exact) mass is 551 g/mol. The van der Waals surface area contributed by atoms with Crippen molar-refractivity contribution in [3.8, 4) is 11.5 Å². The second-order valence-corrected chi connectivity index (χ2v) is 11.0. The smallest absolute Gasteiger partial charge is 0.416 e. The Hall–Kier alpha value is -4.01. The van der Waals surface area contributed by atoms with Crippen molar-refractivity contribution in [2.45, 2.75) is 37.9 Å². The normalized spacial score (nSPS) is 16.8. The maximum Gasteiger partial charge on any atom is 0.416 e. The summed E-state index contributed by atoms with van der Waals surface area (Å²) >= 11 is 0. The Morgan fingerprint density at radius 2 is 1.38 bits per heavy atom. The molecule has 40 heavy (non-hydrogen) atoms. The minimum Gasteiger partial charge on any atom is -0.457 e. The molecule has 2 aliphatic rings. The van der Waals surface area contributed by atoms with Gasteiger partial charge in [-0.2, -0.15) is 13.2 Å². The first-order chi connectivity index (χ1) is 19.0. The number of likely N-dealkylation sites (tertiary alicyclic amines) is 1. The molecule has 9 heteroatoms. The fraction of sp³-hybridized carbons (Fsp3) is 0.355. The van der Waals surface area contributed by atoms with Crippen molar-refractivity contribution in [2.24, 2.45) is 5.41 Å². The van der Waals surface area contributed by atoms with Crippen LogP contribution >= 0.6 is 0 Å². The van der Waals surface area contributed by atoms with Crippen LogP contribution in [0.4, 0.5) is 18.9 Å². The highest BCUT2D eigenvalue weighted by molar-refractivity contribution is 5.95. The number of hydrogen-bond acceptors (Lipinski definition) is 4. The minimum atomic E-state index is -4.40. The number of amides is 2. The van der Waals surface area contributed by atoms with Crippen LogP contribution in [0, 0.1) is 5.41 Å². The average Bonchev–Trinajstić information content (AvgIpc) is 2.92. The highest BCUT2D eigenvalue weighted by atomic mass is 19.4. The molecule has 0 radical (unpaired) electrons. The number of halogens is 3. The summed E-state index contributed by atoms with van der Waals surface area (Å²) in [6, 6.07) is 18.8. The number of nitrogens with one attached hydrogen (secondary N) is 1. The van der Waals surface area contributed by atoms with E-state index in [1.807, 2.05) is 48.2 Å². The summed E-state index contributed by atoms with van der Waals surface area (Å²) in [5.41, 5.74) is 1.61. The molecule has 2 fully saturated rings. The fourth-order valence-electron chi connectivity index (χ4n) is 5.47. The Labute approximate surface area is 231 Å². The molecule has 1 N–H and O–H groups in total. The van der Waals surface area contributed by atoms with Crippen molar-refractivity contribution in [3.63, 3.8) is 0 Å². The van der Waals surface area contributed by atoms with Crippen LogP contribution < -0.4 is 15.0 Å². The van der Waals surface area contributed by atoms with Gasteiger partial charge in [0.25, 0.3) is 11.8 Å². The van der Waals surface area contributed by atoms with Gasteiger partial charge in [0.2, 0.25) is 0 Å². The Balaban J connectivity index is 1.08. The molecule has 1 spiro atoms. The molecule has 0 bridgehead atoms. The van der Waals surface area contributed by atoms with Crippen molar-refractivity contribution >= 4 is 17.5 Å². The van der Waals surface area contributed by atoms with Crippen molar-refractivity contribution in [3.05, 3.63) is 89.5 Å². The van der Waals surface area contributed by atoms with Crippen molar-refractivity contribution in [1.82, 2.24) is 10.2 Å². The van der Waals surface area contributed by atoms with E-state index in [-0.39, 0.29) is 29.0 Å². The maximum absolute atomic E-state index is 13.0. The lowest BCUT2D eigenvalue weighted by Crippen LogP contribution is -2.60. The summed E-state index contributed by atoms with van der Waals surface area (Å²) in [6.45, 7) is 1.39. The zero-order chi connectivity index (χ0) is 28.5. The first kappa shape index (κ1) is 27.6. The topological polar surface area (TPSA) is 61.9 Å². The summed E-state index contributed by atoms with van der Waals surface area (Å²) in [7, 11) is 3.92. The molecule has 1 aliphatic carbocycles. The van der Waals surface area contributed by atoms with E-state index in [0.717, 1.165) is 43.5 Å². The first-order valence-corrected chi connectivity index (χ1v) is 13.3. The lowest BCUT2D eigenvalue weighted by molar-refractivity contribution is -0.137. The van der Waals surface area contributed by atoms with E-state index in [4.69, 9.17) is 4.74 Å². The number of ether oxygens (including phenoxy) is 1. The van der Waals surface area contributed by atoms with Gasteiger partial charge in [-0.15, -0.1) is 0 Å². The predicted molar refractivity (Wildman–Crippen MR) is 147 cm³/mol. The van der Waals surface area contributed by atoms with Gasteiger partial charge in [0, 0.05) is 55.5 Å². The third kappa shape index (κ3) is 6.08. The molecule has 1 aliphatic heterocycles. The average molecular weight is 552 g/mol. The lowest BCUT2D eigenvalue weighted by Gasteiger charge is -2.53. The van der Waals surface area contributed by atoms with Gasteiger partial charge in [0.15, 0.2) is 0 Å². The summed E-state index contributed by atoms with van der Waals surface area (Å²) in [6.07, 6.45) is -0.702. The number of nitrogens with zero attached hydrogens (tertiary/aromatic N) is 2. The molecule has 0 aromatic heterocycles. The zero-order valence-corrected chi connectivity index (χ0v) is 22.5. The Kier molecular flexibility index (Phi) is 7.49. The van der Waals surface area contributed by atoms with E-state index >= 15 is 0 Å². The first-order valence-electron chi connectivity index (χ1n) is 13.3. The molecule has 1 saturated heterocycles. The Morgan fingerprint density at radius 3 is 1.90 bits per heavy atom. The quantitative estimate of drug-likeness (QED) is 0.386. The van der Waals surface area contributed by atoms with Crippen LogP contribution in [0.1, 0.15) is 52.0 Å². The summed E-state index contributed by atoms with van der Waals surface area (Å²) in [5.74, 6) is 0.613. The molecule has 3 aromatic rings. The standard InChI is InChI=1S/C31H32F3N3O3/c1-36(2)25-9-3-21(4-10-25)28(38)35-24-15-17-30(18-16-24)19-37(20-30)29(39)22-5-11-26(12-6-22)40-27-13-7-23(8-14-27)31(32,33)34/h3-14,24H,15-20H2,1-2H3,(H,35,38).